The van der Waals surface area contributed by atoms with E-state index in [9.17, 15) is 9.59 Å². The van der Waals surface area contributed by atoms with E-state index in [-0.39, 0.29) is 12.0 Å². The zero-order chi connectivity index (χ0) is 21.5. The Hall–Kier alpha value is -3.87. The molecule has 0 aliphatic rings. The lowest BCUT2D eigenvalue weighted by molar-refractivity contribution is 0.0949. The maximum absolute atomic E-state index is 12.5. The van der Waals surface area contributed by atoms with Crippen LogP contribution in [0.2, 0.25) is 0 Å². The summed E-state index contributed by atoms with van der Waals surface area (Å²) in [5, 5.41) is 2.87. The minimum Gasteiger partial charge on any atom is -0.475 e. The SMILES string of the molecule is CC(C)Oc1ncccc1CNC(=O)c1ccc(Oc2ccc(C(N)=O)cc2)cc1. The van der Waals surface area contributed by atoms with E-state index in [1.54, 1.807) is 60.8 Å². The summed E-state index contributed by atoms with van der Waals surface area (Å²) < 4.78 is 11.4. The Morgan fingerprint density at radius 3 is 2.13 bits per heavy atom. The van der Waals surface area contributed by atoms with E-state index < -0.39 is 5.91 Å². The van der Waals surface area contributed by atoms with Crippen LogP contribution < -0.4 is 20.5 Å². The molecule has 154 valence electrons. The third-order valence-corrected chi connectivity index (χ3v) is 4.13. The maximum atomic E-state index is 12.5. The molecular weight excluding hydrogens is 382 g/mol. The van der Waals surface area contributed by atoms with Crippen LogP contribution in [0, 0.1) is 0 Å². The number of carbonyl (C=O) groups excluding carboxylic acids is 2. The Kier molecular flexibility index (Phi) is 6.64. The average molecular weight is 405 g/mol. The summed E-state index contributed by atoms with van der Waals surface area (Å²) >= 11 is 0. The van der Waals surface area contributed by atoms with Crippen LogP contribution in [0.25, 0.3) is 0 Å². The van der Waals surface area contributed by atoms with Crippen LogP contribution in [-0.2, 0) is 6.54 Å². The molecule has 7 heteroatoms. The number of primary amides is 1. The standard InChI is InChI=1S/C23H23N3O4/c1-15(2)29-23-18(4-3-13-25-23)14-26-22(28)17-7-11-20(12-8-17)30-19-9-5-16(6-10-19)21(24)27/h3-13,15H,14H2,1-2H3,(H2,24,27)(H,26,28). The molecule has 0 aliphatic carbocycles. The molecule has 0 fully saturated rings. The number of nitrogens with one attached hydrogen (secondary N) is 1. The first-order valence-corrected chi connectivity index (χ1v) is 9.49. The topological polar surface area (TPSA) is 104 Å². The van der Waals surface area contributed by atoms with Gasteiger partial charge in [-0.3, -0.25) is 9.59 Å². The van der Waals surface area contributed by atoms with E-state index in [1.807, 2.05) is 19.9 Å². The van der Waals surface area contributed by atoms with Gasteiger partial charge >= 0.3 is 0 Å². The molecule has 3 rings (SSSR count). The zero-order valence-corrected chi connectivity index (χ0v) is 16.8. The van der Waals surface area contributed by atoms with Crippen LogP contribution in [0.3, 0.4) is 0 Å². The van der Waals surface area contributed by atoms with Gasteiger partial charge in [0, 0.05) is 29.4 Å². The van der Waals surface area contributed by atoms with Crippen molar-refractivity contribution >= 4 is 11.8 Å². The highest BCUT2D eigenvalue weighted by Crippen LogP contribution is 2.22. The smallest absolute Gasteiger partial charge is 0.251 e. The lowest BCUT2D eigenvalue weighted by Gasteiger charge is -2.13. The van der Waals surface area contributed by atoms with Gasteiger partial charge in [0.2, 0.25) is 11.8 Å². The predicted molar refractivity (Wildman–Crippen MR) is 113 cm³/mol. The van der Waals surface area contributed by atoms with E-state index >= 15 is 0 Å². The van der Waals surface area contributed by atoms with E-state index in [0.717, 1.165) is 5.56 Å². The second-order valence-electron chi connectivity index (χ2n) is 6.83. The molecule has 30 heavy (non-hydrogen) atoms. The first kappa shape index (κ1) is 20.9. The normalized spacial score (nSPS) is 10.5. The van der Waals surface area contributed by atoms with Crippen LogP contribution in [0.1, 0.15) is 40.1 Å². The molecule has 0 aliphatic heterocycles. The number of amides is 2. The number of nitrogens with two attached hydrogens (primary N) is 1. The van der Waals surface area contributed by atoms with E-state index in [2.05, 4.69) is 10.3 Å². The Morgan fingerprint density at radius 1 is 0.967 bits per heavy atom. The molecule has 2 amide bonds. The van der Waals surface area contributed by atoms with Crippen LogP contribution in [0.4, 0.5) is 0 Å². The molecule has 2 aromatic carbocycles. The van der Waals surface area contributed by atoms with Gasteiger partial charge in [0.15, 0.2) is 0 Å². The molecule has 3 N–H and O–H groups in total. The van der Waals surface area contributed by atoms with Crippen molar-refractivity contribution in [2.24, 2.45) is 5.73 Å². The number of hydrogen-bond acceptors (Lipinski definition) is 5. The first-order chi connectivity index (χ1) is 14.4. The highest BCUT2D eigenvalue weighted by atomic mass is 16.5. The molecule has 3 aromatic rings. The lowest BCUT2D eigenvalue weighted by atomic mass is 10.2. The summed E-state index contributed by atoms with van der Waals surface area (Å²) in [5.74, 6) is 0.932. The van der Waals surface area contributed by atoms with Gasteiger partial charge in [-0.2, -0.15) is 0 Å². The molecule has 1 heterocycles. The molecule has 7 nitrogen and oxygen atoms in total. The number of ether oxygens (including phenoxy) is 2. The first-order valence-electron chi connectivity index (χ1n) is 9.49. The Morgan fingerprint density at radius 2 is 1.57 bits per heavy atom. The number of carbonyl (C=O) groups is 2. The van der Waals surface area contributed by atoms with Crippen molar-refractivity contribution in [2.75, 3.05) is 0 Å². The second-order valence-corrected chi connectivity index (χ2v) is 6.83. The summed E-state index contributed by atoms with van der Waals surface area (Å²) in [6, 6.07) is 16.9. The molecule has 0 unspecified atom stereocenters. The summed E-state index contributed by atoms with van der Waals surface area (Å²) in [5.41, 5.74) is 6.94. The van der Waals surface area contributed by atoms with Gasteiger partial charge in [0.1, 0.15) is 11.5 Å². The Balaban J connectivity index is 1.59. The molecular formula is C23H23N3O4. The summed E-state index contributed by atoms with van der Waals surface area (Å²) in [7, 11) is 0. The van der Waals surface area contributed by atoms with Crippen LogP contribution >= 0.6 is 0 Å². The van der Waals surface area contributed by atoms with Crippen molar-refractivity contribution in [3.63, 3.8) is 0 Å². The summed E-state index contributed by atoms with van der Waals surface area (Å²) in [6.07, 6.45) is 1.65. The fraction of sp³-hybridized carbons (Fsp3) is 0.174. The van der Waals surface area contributed by atoms with Crippen molar-refractivity contribution in [1.82, 2.24) is 10.3 Å². The molecule has 0 radical (unpaired) electrons. The minimum absolute atomic E-state index is 0.00565. The monoisotopic (exact) mass is 405 g/mol. The van der Waals surface area contributed by atoms with Crippen molar-refractivity contribution in [3.05, 3.63) is 83.6 Å². The highest BCUT2D eigenvalue weighted by molar-refractivity contribution is 5.94. The van der Waals surface area contributed by atoms with E-state index in [0.29, 0.717) is 35.1 Å². The highest BCUT2D eigenvalue weighted by Gasteiger charge is 2.10. The summed E-state index contributed by atoms with van der Waals surface area (Å²) in [4.78, 5) is 27.8. The average Bonchev–Trinajstić information content (AvgIpc) is 2.73. The number of benzene rings is 2. The second kappa shape index (κ2) is 9.56. The van der Waals surface area contributed by atoms with Crippen molar-refractivity contribution in [1.29, 1.82) is 0 Å². The van der Waals surface area contributed by atoms with Crippen molar-refractivity contribution in [2.45, 2.75) is 26.5 Å². The van der Waals surface area contributed by atoms with Crippen LogP contribution in [0.5, 0.6) is 17.4 Å². The van der Waals surface area contributed by atoms with Crippen LogP contribution in [-0.4, -0.2) is 22.9 Å². The maximum Gasteiger partial charge on any atom is 0.251 e. The van der Waals surface area contributed by atoms with E-state index in [4.69, 9.17) is 15.2 Å². The van der Waals surface area contributed by atoms with Gasteiger partial charge < -0.3 is 20.5 Å². The molecule has 0 bridgehead atoms. The van der Waals surface area contributed by atoms with Crippen LogP contribution in [0.15, 0.2) is 66.9 Å². The number of aromatic nitrogens is 1. The third kappa shape index (κ3) is 5.57. The summed E-state index contributed by atoms with van der Waals surface area (Å²) in [6.45, 7) is 4.15. The molecule has 0 saturated heterocycles. The number of nitrogens with zero attached hydrogens (tertiary/aromatic N) is 1. The predicted octanol–water partition coefficient (Wildman–Crippen LogP) is 3.69. The Labute approximate surface area is 174 Å². The van der Waals surface area contributed by atoms with Gasteiger partial charge in [-0.25, -0.2) is 4.98 Å². The van der Waals surface area contributed by atoms with Crippen molar-refractivity contribution in [3.8, 4) is 17.4 Å². The lowest BCUT2D eigenvalue weighted by Crippen LogP contribution is -2.23. The number of rotatable bonds is 8. The Bertz CT molecular complexity index is 1020. The van der Waals surface area contributed by atoms with Gasteiger partial charge in [0.05, 0.1) is 6.10 Å². The molecule has 0 atom stereocenters. The van der Waals surface area contributed by atoms with Gasteiger partial charge in [0.25, 0.3) is 5.91 Å². The number of hydrogen-bond donors (Lipinski definition) is 2. The van der Waals surface area contributed by atoms with Gasteiger partial charge in [-0.05, 0) is 68.4 Å². The number of pyridine rings is 1. The quantitative estimate of drug-likeness (QED) is 0.595. The third-order valence-electron chi connectivity index (χ3n) is 4.13. The van der Waals surface area contributed by atoms with Crippen molar-refractivity contribution < 1.29 is 19.1 Å². The van der Waals surface area contributed by atoms with Gasteiger partial charge in [-0.15, -0.1) is 0 Å². The molecule has 0 saturated carbocycles. The van der Waals surface area contributed by atoms with E-state index in [1.165, 1.54) is 0 Å². The molecule has 0 spiro atoms. The largest absolute Gasteiger partial charge is 0.475 e. The fourth-order valence-corrected chi connectivity index (χ4v) is 2.66. The van der Waals surface area contributed by atoms with Gasteiger partial charge in [-0.1, -0.05) is 6.07 Å². The molecule has 1 aromatic heterocycles. The zero-order valence-electron chi connectivity index (χ0n) is 16.8. The minimum atomic E-state index is -0.494. The fourth-order valence-electron chi connectivity index (χ4n) is 2.66.